The molecule has 0 atom stereocenters. The summed E-state index contributed by atoms with van der Waals surface area (Å²) in [5.74, 6) is 0.186. The van der Waals surface area contributed by atoms with Gasteiger partial charge >= 0.3 is 0 Å². The summed E-state index contributed by atoms with van der Waals surface area (Å²) in [6, 6.07) is 23.9. The van der Waals surface area contributed by atoms with Gasteiger partial charge in [-0.3, -0.25) is 14.9 Å². The second-order valence-electron chi connectivity index (χ2n) is 7.73. The van der Waals surface area contributed by atoms with Gasteiger partial charge in [0.2, 0.25) is 0 Å². The molecular formula is C26H27N3O3S. The molecule has 3 rings (SSSR count). The van der Waals surface area contributed by atoms with E-state index in [1.807, 2.05) is 32.0 Å². The Kier molecular flexibility index (Phi) is 8.55. The van der Waals surface area contributed by atoms with Crippen molar-refractivity contribution in [3.8, 4) is 5.75 Å². The number of hydrogen-bond donors (Lipinski definition) is 3. The molecule has 0 aliphatic carbocycles. The number of benzene rings is 3. The Morgan fingerprint density at radius 3 is 2.30 bits per heavy atom. The van der Waals surface area contributed by atoms with Crippen molar-refractivity contribution in [3.63, 3.8) is 0 Å². The van der Waals surface area contributed by atoms with Crippen molar-refractivity contribution in [3.05, 3.63) is 95.6 Å². The molecular weight excluding hydrogens is 434 g/mol. The highest BCUT2D eigenvalue weighted by Gasteiger charge is 2.11. The summed E-state index contributed by atoms with van der Waals surface area (Å²) >= 11 is 5.25. The number of rotatable bonds is 8. The monoisotopic (exact) mass is 461 g/mol. The standard InChI is InChI=1S/C26H27N3O3S/c1-18(2)27-25(31)21-9-6-10-22(17-21)28-26(33)29-24(30)20-11-13-23(14-12-20)32-16-15-19-7-4-3-5-8-19/h3-14,17-18H,15-16H2,1-2H3,(H,27,31)(H2,28,29,30,33). The second kappa shape index (κ2) is 11.8. The van der Waals surface area contributed by atoms with Gasteiger partial charge in [0.15, 0.2) is 5.11 Å². The third-order valence-electron chi connectivity index (χ3n) is 4.65. The molecule has 2 amide bonds. The molecule has 0 bridgehead atoms. The maximum atomic E-state index is 12.5. The summed E-state index contributed by atoms with van der Waals surface area (Å²) in [7, 11) is 0. The van der Waals surface area contributed by atoms with Gasteiger partial charge in [-0.2, -0.15) is 0 Å². The van der Waals surface area contributed by atoms with Gasteiger partial charge in [0.1, 0.15) is 5.75 Å². The molecule has 3 N–H and O–H groups in total. The van der Waals surface area contributed by atoms with E-state index in [4.69, 9.17) is 17.0 Å². The maximum Gasteiger partial charge on any atom is 0.257 e. The Labute approximate surface area is 199 Å². The van der Waals surface area contributed by atoms with Gasteiger partial charge in [0, 0.05) is 29.3 Å². The van der Waals surface area contributed by atoms with E-state index in [0.29, 0.717) is 29.2 Å². The number of carbonyl (C=O) groups excluding carboxylic acids is 2. The number of ether oxygens (including phenoxy) is 1. The van der Waals surface area contributed by atoms with E-state index in [1.165, 1.54) is 5.56 Å². The van der Waals surface area contributed by atoms with Gasteiger partial charge in [-0.1, -0.05) is 36.4 Å². The second-order valence-corrected chi connectivity index (χ2v) is 8.13. The molecule has 0 heterocycles. The van der Waals surface area contributed by atoms with E-state index in [1.54, 1.807) is 48.5 Å². The van der Waals surface area contributed by atoms with Gasteiger partial charge in [0.05, 0.1) is 6.61 Å². The molecule has 0 aliphatic rings. The zero-order valence-electron chi connectivity index (χ0n) is 18.6. The van der Waals surface area contributed by atoms with Crippen LogP contribution in [-0.2, 0) is 6.42 Å². The molecule has 3 aromatic rings. The lowest BCUT2D eigenvalue weighted by Gasteiger charge is -2.12. The number of hydrogen-bond acceptors (Lipinski definition) is 4. The normalized spacial score (nSPS) is 10.4. The summed E-state index contributed by atoms with van der Waals surface area (Å²) in [5, 5.41) is 8.57. The Hall–Kier alpha value is -3.71. The van der Waals surface area contributed by atoms with Crippen LogP contribution in [0.5, 0.6) is 5.75 Å². The van der Waals surface area contributed by atoms with Crippen molar-refractivity contribution in [1.82, 2.24) is 10.6 Å². The number of carbonyl (C=O) groups is 2. The zero-order chi connectivity index (χ0) is 23.6. The van der Waals surface area contributed by atoms with E-state index >= 15 is 0 Å². The van der Waals surface area contributed by atoms with Crippen LogP contribution in [0.2, 0.25) is 0 Å². The Bertz CT molecular complexity index is 1100. The summed E-state index contributed by atoms with van der Waals surface area (Å²) in [6.07, 6.45) is 0.809. The number of thiocarbonyl (C=S) groups is 1. The molecule has 0 fully saturated rings. The fourth-order valence-electron chi connectivity index (χ4n) is 3.06. The molecule has 6 nitrogen and oxygen atoms in total. The molecule has 7 heteroatoms. The molecule has 0 saturated carbocycles. The topological polar surface area (TPSA) is 79.5 Å². The number of nitrogens with one attached hydrogen (secondary N) is 3. The van der Waals surface area contributed by atoms with Crippen LogP contribution in [0.4, 0.5) is 5.69 Å². The van der Waals surface area contributed by atoms with E-state index < -0.39 is 0 Å². The van der Waals surface area contributed by atoms with E-state index in [-0.39, 0.29) is 23.0 Å². The molecule has 0 aromatic heterocycles. The van der Waals surface area contributed by atoms with Crippen molar-refractivity contribution in [2.75, 3.05) is 11.9 Å². The third kappa shape index (κ3) is 7.73. The largest absolute Gasteiger partial charge is 0.493 e. The first-order valence-corrected chi connectivity index (χ1v) is 11.1. The van der Waals surface area contributed by atoms with E-state index in [0.717, 1.165) is 6.42 Å². The van der Waals surface area contributed by atoms with Crippen LogP contribution >= 0.6 is 12.2 Å². The van der Waals surface area contributed by atoms with Gasteiger partial charge in [0.25, 0.3) is 11.8 Å². The Morgan fingerprint density at radius 1 is 0.879 bits per heavy atom. The molecule has 0 saturated heterocycles. The minimum Gasteiger partial charge on any atom is -0.493 e. The van der Waals surface area contributed by atoms with Gasteiger partial charge in [-0.15, -0.1) is 0 Å². The lowest BCUT2D eigenvalue weighted by Crippen LogP contribution is -2.34. The molecule has 0 aliphatic heterocycles. The smallest absolute Gasteiger partial charge is 0.257 e. The van der Waals surface area contributed by atoms with Crippen molar-refractivity contribution >= 4 is 34.8 Å². The predicted octanol–water partition coefficient (Wildman–Crippen LogP) is 4.57. The molecule has 0 radical (unpaired) electrons. The SMILES string of the molecule is CC(C)NC(=O)c1cccc(NC(=S)NC(=O)c2ccc(OCCc3ccccc3)cc2)c1. The van der Waals surface area contributed by atoms with Gasteiger partial charge < -0.3 is 15.4 Å². The molecule has 170 valence electrons. The highest BCUT2D eigenvalue weighted by atomic mass is 32.1. The molecule has 3 aromatic carbocycles. The van der Waals surface area contributed by atoms with Gasteiger partial charge in [-0.05, 0) is 74.1 Å². The number of anilines is 1. The van der Waals surface area contributed by atoms with Crippen LogP contribution in [0.3, 0.4) is 0 Å². The average molecular weight is 462 g/mol. The fraction of sp³-hybridized carbons (Fsp3) is 0.192. The van der Waals surface area contributed by atoms with E-state index in [9.17, 15) is 9.59 Å². The van der Waals surface area contributed by atoms with Crippen molar-refractivity contribution in [2.45, 2.75) is 26.3 Å². The summed E-state index contributed by atoms with van der Waals surface area (Å²) in [6.45, 7) is 4.35. The highest BCUT2D eigenvalue weighted by Crippen LogP contribution is 2.14. The summed E-state index contributed by atoms with van der Waals surface area (Å²) in [4.78, 5) is 24.7. The minimum absolute atomic E-state index is 0.0372. The van der Waals surface area contributed by atoms with Crippen LogP contribution in [0.25, 0.3) is 0 Å². The number of amides is 2. The summed E-state index contributed by atoms with van der Waals surface area (Å²) < 4.78 is 5.76. The van der Waals surface area contributed by atoms with E-state index in [2.05, 4.69) is 28.1 Å². The zero-order valence-corrected chi connectivity index (χ0v) is 19.4. The molecule has 0 spiro atoms. The first-order chi connectivity index (χ1) is 15.9. The first-order valence-electron chi connectivity index (χ1n) is 10.7. The minimum atomic E-state index is -0.336. The van der Waals surface area contributed by atoms with Gasteiger partial charge in [-0.25, -0.2) is 0 Å². The van der Waals surface area contributed by atoms with Crippen LogP contribution < -0.4 is 20.7 Å². The first kappa shape index (κ1) is 23.9. The predicted molar refractivity (Wildman–Crippen MR) is 135 cm³/mol. The average Bonchev–Trinajstić information content (AvgIpc) is 2.80. The van der Waals surface area contributed by atoms with Crippen molar-refractivity contribution < 1.29 is 14.3 Å². The van der Waals surface area contributed by atoms with Crippen LogP contribution in [0, 0.1) is 0 Å². The highest BCUT2D eigenvalue weighted by molar-refractivity contribution is 7.80. The third-order valence-corrected chi connectivity index (χ3v) is 4.85. The van der Waals surface area contributed by atoms with Crippen LogP contribution in [-0.4, -0.2) is 29.6 Å². The molecule has 33 heavy (non-hydrogen) atoms. The van der Waals surface area contributed by atoms with Crippen LogP contribution in [0.1, 0.15) is 40.1 Å². The molecule has 0 unspecified atom stereocenters. The Morgan fingerprint density at radius 2 is 1.61 bits per heavy atom. The maximum absolute atomic E-state index is 12.5. The lowest BCUT2D eigenvalue weighted by atomic mass is 10.1. The summed E-state index contributed by atoms with van der Waals surface area (Å²) in [5.41, 5.74) is 2.78. The van der Waals surface area contributed by atoms with Crippen molar-refractivity contribution in [2.24, 2.45) is 0 Å². The van der Waals surface area contributed by atoms with Crippen LogP contribution in [0.15, 0.2) is 78.9 Å². The van der Waals surface area contributed by atoms with Crippen molar-refractivity contribution in [1.29, 1.82) is 0 Å². The lowest BCUT2D eigenvalue weighted by molar-refractivity contribution is 0.0941. The fourth-order valence-corrected chi connectivity index (χ4v) is 3.27. The quantitative estimate of drug-likeness (QED) is 0.428. The Balaban J connectivity index is 1.49.